The fourth-order valence-corrected chi connectivity index (χ4v) is 4.24. The summed E-state index contributed by atoms with van der Waals surface area (Å²) in [5.74, 6) is 0.0210. The third kappa shape index (κ3) is 4.30. The molecule has 1 heterocycles. The fraction of sp³-hybridized carbons (Fsp3) is 0.304. The van der Waals surface area contributed by atoms with E-state index >= 15 is 0 Å². The maximum absolute atomic E-state index is 12.8. The van der Waals surface area contributed by atoms with Crippen LogP contribution < -0.4 is 4.90 Å². The lowest BCUT2D eigenvalue weighted by Crippen LogP contribution is -2.28. The van der Waals surface area contributed by atoms with E-state index in [9.17, 15) is 4.79 Å². The van der Waals surface area contributed by atoms with Crippen molar-refractivity contribution in [1.29, 1.82) is 0 Å². The fourth-order valence-electron chi connectivity index (χ4n) is 3.18. The highest BCUT2D eigenvalue weighted by molar-refractivity contribution is 8.18. The Morgan fingerprint density at radius 1 is 1.04 bits per heavy atom. The third-order valence-corrected chi connectivity index (χ3v) is 5.86. The summed E-state index contributed by atoms with van der Waals surface area (Å²) >= 11 is 1.45. The molecule has 1 amide bonds. The number of hydrogen-bond acceptors (Lipinski definition) is 4. The van der Waals surface area contributed by atoms with Gasteiger partial charge in [-0.1, -0.05) is 30.3 Å². The summed E-state index contributed by atoms with van der Waals surface area (Å²) in [6.07, 6.45) is 1.96. The first-order valence-corrected chi connectivity index (χ1v) is 10.6. The van der Waals surface area contributed by atoms with Crippen molar-refractivity contribution in [2.45, 2.75) is 27.7 Å². The third-order valence-electron chi connectivity index (χ3n) is 4.86. The van der Waals surface area contributed by atoms with Crippen LogP contribution in [0.4, 0.5) is 11.4 Å². The number of para-hydroxylation sites is 1. The second-order valence-corrected chi connectivity index (χ2v) is 7.61. The predicted octanol–water partition coefficient (Wildman–Crippen LogP) is 5.47. The molecule has 0 aliphatic carbocycles. The average Bonchev–Trinajstić information content (AvgIpc) is 3.00. The molecule has 2 aromatic carbocycles. The van der Waals surface area contributed by atoms with E-state index in [0.29, 0.717) is 11.4 Å². The molecule has 1 aliphatic heterocycles. The summed E-state index contributed by atoms with van der Waals surface area (Å²) in [5, 5.41) is 0.743. The van der Waals surface area contributed by atoms with E-state index in [1.165, 1.54) is 17.4 Å². The molecule has 2 aromatic rings. The summed E-state index contributed by atoms with van der Waals surface area (Å²) in [5.41, 5.74) is 4.24. The summed E-state index contributed by atoms with van der Waals surface area (Å²) in [4.78, 5) is 22.4. The maximum Gasteiger partial charge on any atom is 0.266 e. The summed E-state index contributed by atoms with van der Waals surface area (Å²) in [6.45, 7) is 10.9. The van der Waals surface area contributed by atoms with Gasteiger partial charge in [0.2, 0.25) is 0 Å². The van der Waals surface area contributed by atoms with Crippen molar-refractivity contribution >= 4 is 40.3 Å². The van der Waals surface area contributed by atoms with Crippen molar-refractivity contribution in [3.8, 4) is 0 Å². The van der Waals surface area contributed by atoms with Crippen molar-refractivity contribution in [2.75, 3.05) is 24.5 Å². The number of carbonyl (C=O) groups is 1. The van der Waals surface area contributed by atoms with Crippen LogP contribution in [0.15, 0.2) is 58.4 Å². The van der Waals surface area contributed by atoms with Gasteiger partial charge in [0.1, 0.15) is 0 Å². The standard InChI is InChI=1S/C23H27N3OS/c1-5-25(6-2)19-14-12-18(13-15-19)16-21-22(27)26(7-3)23(28-21)24-20-11-9-8-10-17(20)4/h8-16H,5-7H2,1-4H3/b21-16+,24-23?. The highest BCUT2D eigenvalue weighted by atomic mass is 32.2. The Hall–Kier alpha value is -2.53. The number of hydrogen-bond donors (Lipinski definition) is 0. The van der Waals surface area contributed by atoms with Crippen molar-refractivity contribution in [3.63, 3.8) is 0 Å². The Morgan fingerprint density at radius 3 is 2.32 bits per heavy atom. The second kappa shape index (κ2) is 9.11. The van der Waals surface area contributed by atoms with Crippen molar-refractivity contribution < 1.29 is 4.79 Å². The number of aryl methyl sites for hydroxylation is 1. The minimum absolute atomic E-state index is 0.0210. The van der Waals surface area contributed by atoms with Gasteiger partial charge in [0, 0.05) is 25.3 Å². The van der Waals surface area contributed by atoms with Crippen LogP contribution in [0.2, 0.25) is 0 Å². The number of amidine groups is 1. The summed E-state index contributed by atoms with van der Waals surface area (Å²) in [6, 6.07) is 16.4. The van der Waals surface area contributed by atoms with E-state index < -0.39 is 0 Å². The molecular formula is C23H27N3OS. The maximum atomic E-state index is 12.8. The highest BCUT2D eigenvalue weighted by Crippen LogP contribution is 2.34. The topological polar surface area (TPSA) is 35.9 Å². The molecule has 0 saturated carbocycles. The predicted molar refractivity (Wildman–Crippen MR) is 121 cm³/mol. The molecule has 0 radical (unpaired) electrons. The lowest BCUT2D eigenvalue weighted by Gasteiger charge is -2.20. The number of anilines is 1. The molecule has 146 valence electrons. The Bertz CT molecular complexity index is 898. The zero-order valence-electron chi connectivity index (χ0n) is 17.0. The van der Waals surface area contributed by atoms with E-state index in [1.807, 2.05) is 44.2 Å². The summed E-state index contributed by atoms with van der Waals surface area (Å²) in [7, 11) is 0. The SMILES string of the molecule is CCN1C(=O)/C(=C\c2ccc(N(CC)CC)cc2)SC1=Nc1ccccc1C. The Labute approximate surface area is 172 Å². The van der Waals surface area contributed by atoms with Gasteiger partial charge in [0.25, 0.3) is 5.91 Å². The van der Waals surface area contributed by atoms with Gasteiger partial charge in [0.15, 0.2) is 5.17 Å². The van der Waals surface area contributed by atoms with E-state index in [2.05, 4.69) is 43.0 Å². The average molecular weight is 394 g/mol. The molecule has 0 unspecified atom stereocenters. The lowest BCUT2D eigenvalue weighted by atomic mass is 10.1. The molecule has 0 atom stereocenters. The van der Waals surface area contributed by atoms with Crippen molar-refractivity contribution in [2.24, 2.45) is 4.99 Å². The number of thioether (sulfide) groups is 1. The Balaban J connectivity index is 1.87. The highest BCUT2D eigenvalue weighted by Gasteiger charge is 2.32. The number of nitrogens with zero attached hydrogens (tertiary/aromatic N) is 3. The quantitative estimate of drug-likeness (QED) is 0.611. The van der Waals surface area contributed by atoms with Crippen LogP contribution >= 0.6 is 11.8 Å². The molecule has 0 bridgehead atoms. The number of rotatable bonds is 6. The van der Waals surface area contributed by atoms with E-state index in [-0.39, 0.29) is 5.91 Å². The molecule has 5 heteroatoms. The van der Waals surface area contributed by atoms with Crippen molar-refractivity contribution in [1.82, 2.24) is 4.90 Å². The summed E-state index contributed by atoms with van der Waals surface area (Å²) < 4.78 is 0. The van der Waals surface area contributed by atoms with Crippen LogP contribution in [0.3, 0.4) is 0 Å². The second-order valence-electron chi connectivity index (χ2n) is 6.60. The van der Waals surface area contributed by atoms with Crippen LogP contribution in [-0.4, -0.2) is 35.6 Å². The molecule has 0 spiro atoms. The van der Waals surface area contributed by atoms with Gasteiger partial charge < -0.3 is 4.90 Å². The molecule has 28 heavy (non-hydrogen) atoms. The molecule has 3 rings (SSSR count). The molecule has 4 nitrogen and oxygen atoms in total. The van der Waals surface area contributed by atoms with Crippen LogP contribution in [0.1, 0.15) is 31.9 Å². The van der Waals surface area contributed by atoms with Gasteiger partial charge in [-0.15, -0.1) is 0 Å². The first kappa shape index (κ1) is 20.2. The number of carbonyl (C=O) groups excluding carboxylic acids is 1. The van der Waals surface area contributed by atoms with Crippen LogP contribution in [-0.2, 0) is 4.79 Å². The van der Waals surface area contributed by atoms with E-state index in [1.54, 1.807) is 4.90 Å². The largest absolute Gasteiger partial charge is 0.372 e. The van der Waals surface area contributed by atoms with Gasteiger partial charge in [0.05, 0.1) is 10.6 Å². The van der Waals surface area contributed by atoms with Gasteiger partial charge in [-0.3, -0.25) is 9.69 Å². The van der Waals surface area contributed by atoms with Gasteiger partial charge >= 0.3 is 0 Å². The number of amides is 1. The first-order chi connectivity index (χ1) is 13.6. The van der Waals surface area contributed by atoms with Crippen LogP contribution in [0.25, 0.3) is 6.08 Å². The number of likely N-dealkylation sites (N-methyl/N-ethyl adjacent to an activating group) is 1. The molecule has 1 fully saturated rings. The zero-order valence-corrected chi connectivity index (χ0v) is 17.8. The van der Waals surface area contributed by atoms with Gasteiger partial charge in [-0.05, 0) is 74.9 Å². The normalized spacial score (nSPS) is 17.0. The minimum Gasteiger partial charge on any atom is -0.372 e. The first-order valence-electron chi connectivity index (χ1n) is 9.78. The molecule has 0 aromatic heterocycles. The number of aliphatic imine (C=N–C) groups is 1. The lowest BCUT2D eigenvalue weighted by molar-refractivity contribution is -0.122. The minimum atomic E-state index is 0.0210. The van der Waals surface area contributed by atoms with Gasteiger partial charge in [-0.2, -0.15) is 0 Å². The monoisotopic (exact) mass is 393 g/mol. The number of benzene rings is 2. The smallest absolute Gasteiger partial charge is 0.266 e. The van der Waals surface area contributed by atoms with Crippen molar-refractivity contribution in [3.05, 3.63) is 64.6 Å². The van der Waals surface area contributed by atoms with Crippen LogP contribution in [0.5, 0.6) is 0 Å². The van der Waals surface area contributed by atoms with E-state index in [4.69, 9.17) is 4.99 Å². The van der Waals surface area contributed by atoms with Gasteiger partial charge in [-0.25, -0.2) is 4.99 Å². The molecule has 0 N–H and O–H groups in total. The Kier molecular flexibility index (Phi) is 6.57. The molecular weight excluding hydrogens is 366 g/mol. The van der Waals surface area contributed by atoms with Crippen LogP contribution in [0, 0.1) is 6.92 Å². The zero-order chi connectivity index (χ0) is 20.1. The van der Waals surface area contributed by atoms with E-state index in [0.717, 1.165) is 35.1 Å². The molecule has 1 aliphatic rings. The Morgan fingerprint density at radius 2 is 1.71 bits per heavy atom. The molecule has 1 saturated heterocycles.